The zero-order valence-corrected chi connectivity index (χ0v) is 20.9. The third-order valence-corrected chi connectivity index (χ3v) is 7.11. The van der Waals surface area contributed by atoms with E-state index in [1.54, 1.807) is 16.7 Å². The zero-order chi connectivity index (χ0) is 24.5. The molecule has 1 aromatic heterocycles. The molecule has 0 saturated carbocycles. The monoisotopic (exact) mass is 482 g/mol. The Morgan fingerprint density at radius 1 is 0.943 bits per heavy atom. The number of benzene rings is 3. The smallest absolute Gasteiger partial charge is 0.326 e. The second kappa shape index (κ2) is 9.43. The summed E-state index contributed by atoms with van der Waals surface area (Å²) in [6.07, 6.45) is 2.04. The molecule has 0 bridgehead atoms. The van der Waals surface area contributed by atoms with Crippen LogP contribution < -0.4 is 10.2 Å². The molecule has 5 rings (SSSR count). The van der Waals surface area contributed by atoms with Crippen molar-refractivity contribution >= 4 is 29.1 Å². The number of thioether (sulfide) groups is 1. The van der Waals surface area contributed by atoms with Crippen LogP contribution in [0.25, 0.3) is 17.0 Å². The molecule has 2 heterocycles. The molecule has 1 unspecified atom stereocenters. The van der Waals surface area contributed by atoms with E-state index in [2.05, 4.69) is 17.4 Å². The molecular weight excluding hydrogens is 456 g/mol. The summed E-state index contributed by atoms with van der Waals surface area (Å²) in [5.41, 5.74) is 6.41. The molecule has 7 heteroatoms. The van der Waals surface area contributed by atoms with Gasteiger partial charge in [-0.25, -0.2) is 4.79 Å². The van der Waals surface area contributed by atoms with Crippen molar-refractivity contribution in [1.82, 2.24) is 15.5 Å². The van der Waals surface area contributed by atoms with Gasteiger partial charge in [0.1, 0.15) is 0 Å². The van der Waals surface area contributed by atoms with Crippen LogP contribution in [-0.2, 0) is 0 Å². The highest BCUT2D eigenvalue weighted by atomic mass is 32.2. The van der Waals surface area contributed by atoms with Crippen LogP contribution in [0.1, 0.15) is 35.5 Å². The Morgan fingerprint density at radius 3 is 2.37 bits per heavy atom. The molecule has 1 aliphatic heterocycles. The molecule has 1 N–H and O–H groups in total. The summed E-state index contributed by atoms with van der Waals surface area (Å²) in [4.78, 5) is 21.0. The summed E-state index contributed by atoms with van der Waals surface area (Å²) in [7, 11) is 0. The van der Waals surface area contributed by atoms with Crippen molar-refractivity contribution in [3.63, 3.8) is 0 Å². The number of allylic oxidation sites excluding steroid dienone is 1. The highest BCUT2D eigenvalue weighted by Crippen LogP contribution is 2.39. The van der Waals surface area contributed by atoms with Gasteiger partial charge in [0.25, 0.3) is 5.89 Å². The van der Waals surface area contributed by atoms with Gasteiger partial charge in [-0.3, -0.25) is 4.90 Å². The standard InChI is InChI=1S/C28H26N4O2S/c1-17-10-13-22(16-18(17)2)32-19(3)24(25(29-28(32)33)20-8-6-5-7-9-20)27-30-26(31-34-27)21-11-14-23(35-4)15-12-21/h5-16,25H,1-4H3,(H,29,33). The molecule has 35 heavy (non-hydrogen) atoms. The molecule has 0 aliphatic carbocycles. The molecule has 0 spiro atoms. The lowest BCUT2D eigenvalue weighted by molar-refractivity contribution is 0.244. The van der Waals surface area contributed by atoms with E-state index in [1.165, 1.54) is 10.5 Å². The largest absolute Gasteiger partial charge is 0.334 e. The second-order valence-electron chi connectivity index (χ2n) is 8.55. The first kappa shape index (κ1) is 22.9. The first-order valence-corrected chi connectivity index (χ1v) is 12.6. The fraction of sp³-hybridized carbons (Fsp3) is 0.179. The number of anilines is 1. The van der Waals surface area contributed by atoms with Gasteiger partial charge in [-0.05, 0) is 80.1 Å². The SMILES string of the molecule is CSc1ccc(-c2noc(C3=C(C)N(c4ccc(C)c(C)c4)C(=O)NC3c3ccccc3)n2)cc1. The summed E-state index contributed by atoms with van der Waals surface area (Å²) >= 11 is 1.68. The average Bonchev–Trinajstić information content (AvgIpc) is 3.36. The summed E-state index contributed by atoms with van der Waals surface area (Å²) in [6.45, 7) is 6.02. The highest BCUT2D eigenvalue weighted by molar-refractivity contribution is 7.98. The van der Waals surface area contributed by atoms with E-state index in [0.717, 1.165) is 33.6 Å². The molecule has 6 nitrogen and oxygen atoms in total. The summed E-state index contributed by atoms with van der Waals surface area (Å²) in [5, 5.41) is 7.42. The summed E-state index contributed by atoms with van der Waals surface area (Å²) < 4.78 is 5.80. The number of urea groups is 1. The van der Waals surface area contributed by atoms with Gasteiger partial charge in [0, 0.05) is 16.2 Å². The van der Waals surface area contributed by atoms with Gasteiger partial charge >= 0.3 is 6.03 Å². The lowest BCUT2D eigenvalue weighted by Crippen LogP contribution is -2.46. The first-order chi connectivity index (χ1) is 17.0. The van der Waals surface area contributed by atoms with Crippen LogP contribution in [0.2, 0.25) is 0 Å². The van der Waals surface area contributed by atoms with Gasteiger partial charge < -0.3 is 9.84 Å². The Labute approximate surface area is 209 Å². The van der Waals surface area contributed by atoms with Gasteiger partial charge in [0.2, 0.25) is 5.82 Å². The minimum Gasteiger partial charge on any atom is -0.334 e. The van der Waals surface area contributed by atoms with E-state index in [-0.39, 0.29) is 6.03 Å². The molecule has 2 amide bonds. The van der Waals surface area contributed by atoms with Crippen LogP contribution >= 0.6 is 11.8 Å². The number of carbonyl (C=O) groups excluding carboxylic acids is 1. The van der Waals surface area contributed by atoms with Crippen molar-refractivity contribution in [2.45, 2.75) is 31.7 Å². The number of aromatic nitrogens is 2. The van der Waals surface area contributed by atoms with Gasteiger partial charge in [0.05, 0.1) is 17.3 Å². The normalized spacial score (nSPS) is 15.9. The molecule has 3 aromatic carbocycles. The van der Waals surface area contributed by atoms with Gasteiger partial charge in [0.15, 0.2) is 0 Å². The fourth-order valence-corrected chi connectivity index (χ4v) is 4.69. The van der Waals surface area contributed by atoms with Crippen molar-refractivity contribution in [3.8, 4) is 11.4 Å². The van der Waals surface area contributed by atoms with E-state index < -0.39 is 6.04 Å². The number of rotatable bonds is 5. The number of amides is 2. The molecule has 0 radical (unpaired) electrons. The minimum atomic E-state index is -0.418. The minimum absolute atomic E-state index is 0.198. The number of nitrogens with zero attached hydrogens (tertiary/aromatic N) is 3. The maximum absolute atomic E-state index is 13.4. The predicted molar refractivity (Wildman–Crippen MR) is 140 cm³/mol. The van der Waals surface area contributed by atoms with Crippen LogP contribution in [-0.4, -0.2) is 22.4 Å². The Kier molecular flexibility index (Phi) is 6.17. The molecule has 1 aliphatic rings. The van der Waals surface area contributed by atoms with Crippen molar-refractivity contribution in [3.05, 3.63) is 101 Å². The van der Waals surface area contributed by atoms with Crippen molar-refractivity contribution < 1.29 is 9.32 Å². The second-order valence-corrected chi connectivity index (χ2v) is 9.43. The van der Waals surface area contributed by atoms with Crippen molar-refractivity contribution in [2.24, 2.45) is 0 Å². The van der Waals surface area contributed by atoms with Crippen LogP contribution in [0.4, 0.5) is 10.5 Å². The van der Waals surface area contributed by atoms with E-state index >= 15 is 0 Å². The Morgan fingerprint density at radius 2 is 1.69 bits per heavy atom. The topological polar surface area (TPSA) is 71.3 Å². The molecular formula is C28H26N4O2S. The van der Waals surface area contributed by atoms with Crippen molar-refractivity contribution in [2.75, 3.05) is 11.2 Å². The van der Waals surface area contributed by atoms with E-state index in [9.17, 15) is 4.79 Å². The number of aryl methyl sites for hydroxylation is 2. The molecule has 0 saturated heterocycles. The van der Waals surface area contributed by atoms with Crippen LogP contribution in [0, 0.1) is 13.8 Å². The lowest BCUT2D eigenvalue weighted by Gasteiger charge is -2.35. The predicted octanol–water partition coefficient (Wildman–Crippen LogP) is 6.78. The Hall–Kier alpha value is -3.84. The number of carbonyl (C=O) groups is 1. The third kappa shape index (κ3) is 4.35. The van der Waals surface area contributed by atoms with Gasteiger partial charge in [-0.15, -0.1) is 11.8 Å². The van der Waals surface area contributed by atoms with Crippen molar-refractivity contribution in [1.29, 1.82) is 0 Å². The Balaban J connectivity index is 1.63. The molecule has 0 fully saturated rings. The maximum Gasteiger partial charge on any atom is 0.326 e. The number of hydrogen-bond donors (Lipinski definition) is 1. The maximum atomic E-state index is 13.4. The molecule has 176 valence electrons. The zero-order valence-electron chi connectivity index (χ0n) is 20.1. The fourth-order valence-electron chi connectivity index (χ4n) is 4.28. The highest BCUT2D eigenvalue weighted by Gasteiger charge is 2.36. The van der Waals surface area contributed by atoms with Gasteiger partial charge in [-0.2, -0.15) is 4.98 Å². The number of nitrogens with one attached hydrogen (secondary N) is 1. The van der Waals surface area contributed by atoms with E-state index in [0.29, 0.717) is 11.7 Å². The quantitative estimate of drug-likeness (QED) is 0.318. The van der Waals surface area contributed by atoms with E-state index in [1.807, 2.05) is 92.9 Å². The first-order valence-electron chi connectivity index (χ1n) is 11.4. The molecule has 4 aromatic rings. The summed E-state index contributed by atoms with van der Waals surface area (Å²) in [6, 6.07) is 23.3. The van der Waals surface area contributed by atoms with Crippen LogP contribution in [0.5, 0.6) is 0 Å². The summed E-state index contributed by atoms with van der Waals surface area (Å²) in [5.74, 6) is 0.892. The number of hydrogen-bond acceptors (Lipinski definition) is 5. The molecule has 1 atom stereocenters. The third-order valence-electron chi connectivity index (χ3n) is 6.37. The lowest BCUT2D eigenvalue weighted by atomic mass is 9.94. The Bertz CT molecular complexity index is 1410. The van der Waals surface area contributed by atoms with Crippen LogP contribution in [0.3, 0.4) is 0 Å². The van der Waals surface area contributed by atoms with Crippen LogP contribution in [0.15, 0.2) is 87.9 Å². The van der Waals surface area contributed by atoms with Gasteiger partial charge in [-0.1, -0.05) is 41.6 Å². The van der Waals surface area contributed by atoms with E-state index in [4.69, 9.17) is 9.51 Å². The average molecular weight is 483 g/mol.